The fourth-order valence-electron chi connectivity index (χ4n) is 1.66. The number of halogens is 2. The highest BCUT2D eigenvalue weighted by atomic mass is 79.9. The molecule has 0 fully saturated rings. The third-order valence-electron chi connectivity index (χ3n) is 2.60. The van der Waals surface area contributed by atoms with Crippen molar-refractivity contribution in [3.05, 3.63) is 58.3 Å². The molecular weight excluding hydrogens is 309 g/mol. The topological polar surface area (TPSA) is 21.3 Å². The Balaban J connectivity index is 2.11. The van der Waals surface area contributed by atoms with Crippen LogP contribution in [0.15, 0.2) is 46.9 Å². The minimum absolute atomic E-state index is 0.298. The Morgan fingerprint density at radius 2 is 1.95 bits per heavy atom. The second-order valence-corrected chi connectivity index (χ2v) is 4.96. The van der Waals surface area contributed by atoms with Gasteiger partial charge in [-0.15, -0.1) is 0 Å². The van der Waals surface area contributed by atoms with Gasteiger partial charge in [0.1, 0.15) is 17.3 Å². The molecule has 0 saturated carbocycles. The number of benzene rings is 2. The molecular formula is C15H15BrFNO. The number of hydrogen-bond acceptors (Lipinski definition) is 2. The number of rotatable bonds is 5. The molecule has 0 aromatic heterocycles. The van der Waals surface area contributed by atoms with Crippen molar-refractivity contribution in [2.45, 2.75) is 13.5 Å². The minimum Gasteiger partial charge on any atom is -0.457 e. The van der Waals surface area contributed by atoms with Crippen LogP contribution in [0.25, 0.3) is 0 Å². The predicted octanol–water partition coefficient (Wildman–Crippen LogP) is 4.49. The van der Waals surface area contributed by atoms with Crippen LogP contribution in [0.1, 0.15) is 12.5 Å². The lowest BCUT2D eigenvalue weighted by Gasteiger charge is -2.08. The van der Waals surface area contributed by atoms with Crippen LogP contribution in [-0.4, -0.2) is 6.54 Å². The van der Waals surface area contributed by atoms with Gasteiger partial charge in [0.05, 0.1) is 4.47 Å². The molecule has 2 nitrogen and oxygen atoms in total. The summed E-state index contributed by atoms with van der Waals surface area (Å²) in [5, 5.41) is 3.26. The zero-order chi connectivity index (χ0) is 13.7. The molecule has 19 heavy (non-hydrogen) atoms. The molecule has 0 aliphatic carbocycles. The number of nitrogens with one attached hydrogen (secondary N) is 1. The molecule has 2 aromatic rings. The average Bonchev–Trinajstić information content (AvgIpc) is 2.41. The van der Waals surface area contributed by atoms with E-state index >= 15 is 0 Å². The second-order valence-electron chi connectivity index (χ2n) is 4.11. The summed E-state index contributed by atoms with van der Waals surface area (Å²) in [5.74, 6) is 1.05. The normalized spacial score (nSPS) is 10.5. The molecule has 100 valence electrons. The lowest BCUT2D eigenvalue weighted by atomic mass is 10.2. The van der Waals surface area contributed by atoms with Crippen LogP contribution in [0.4, 0.5) is 4.39 Å². The van der Waals surface area contributed by atoms with Crippen LogP contribution in [0.5, 0.6) is 11.5 Å². The van der Waals surface area contributed by atoms with Crippen LogP contribution >= 0.6 is 15.9 Å². The van der Waals surface area contributed by atoms with Crippen LogP contribution in [0.2, 0.25) is 0 Å². The Morgan fingerprint density at radius 3 is 2.68 bits per heavy atom. The lowest BCUT2D eigenvalue weighted by molar-refractivity contribution is 0.479. The van der Waals surface area contributed by atoms with Gasteiger partial charge in [0.25, 0.3) is 0 Å². The van der Waals surface area contributed by atoms with Crippen molar-refractivity contribution in [1.29, 1.82) is 0 Å². The molecule has 0 heterocycles. The van der Waals surface area contributed by atoms with Gasteiger partial charge in [-0.2, -0.15) is 0 Å². The van der Waals surface area contributed by atoms with E-state index in [-0.39, 0.29) is 5.82 Å². The molecule has 0 atom stereocenters. The highest BCUT2D eigenvalue weighted by molar-refractivity contribution is 9.10. The van der Waals surface area contributed by atoms with Gasteiger partial charge in [0.15, 0.2) is 0 Å². The molecule has 0 radical (unpaired) electrons. The third-order valence-corrected chi connectivity index (χ3v) is 3.21. The average molecular weight is 324 g/mol. The molecule has 1 N–H and O–H groups in total. The smallest absolute Gasteiger partial charge is 0.137 e. The Bertz CT molecular complexity index is 560. The molecule has 0 amide bonds. The Labute approximate surface area is 120 Å². The van der Waals surface area contributed by atoms with Crippen molar-refractivity contribution in [2.75, 3.05) is 6.54 Å². The van der Waals surface area contributed by atoms with Gasteiger partial charge in [-0.25, -0.2) is 4.39 Å². The van der Waals surface area contributed by atoms with Crippen LogP contribution < -0.4 is 10.1 Å². The van der Waals surface area contributed by atoms with E-state index in [0.717, 1.165) is 24.4 Å². The van der Waals surface area contributed by atoms with Crippen LogP contribution in [0.3, 0.4) is 0 Å². The summed E-state index contributed by atoms with van der Waals surface area (Å²) >= 11 is 3.14. The van der Waals surface area contributed by atoms with E-state index in [1.165, 1.54) is 6.07 Å². The van der Waals surface area contributed by atoms with E-state index < -0.39 is 0 Å². The quantitative estimate of drug-likeness (QED) is 0.875. The molecule has 0 aliphatic heterocycles. The summed E-state index contributed by atoms with van der Waals surface area (Å²) < 4.78 is 19.2. The summed E-state index contributed by atoms with van der Waals surface area (Å²) in [7, 11) is 0. The second kappa shape index (κ2) is 6.68. The van der Waals surface area contributed by atoms with Gasteiger partial charge < -0.3 is 10.1 Å². The van der Waals surface area contributed by atoms with Crippen LogP contribution in [0, 0.1) is 5.82 Å². The number of ether oxygens (including phenoxy) is 1. The van der Waals surface area contributed by atoms with Crippen molar-refractivity contribution in [3.8, 4) is 11.5 Å². The first kappa shape index (κ1) is 14.0. The molecule has 0 spiro atoms. The number of hydrogen-bond donors (Lipinski definition) is 1. The maximum absolute atomic E-state index is 13.1. The predicted molar refractivity (Wildman–Crippen MR) is 78.0 cm³/mol. The Kier molecular flexibility index (Phi) is 4.93. The summed E-state index contributed by atoms with van der Waals surface area (Å²) in [6, 6.07) is 12.4. The van der Waals surface area contributed by atoms with Crippen molar-refractivity contribution in [1.82, 2.24) is 5.32 Å². The van der Waals surface area contributed by atoms with Gasteiger partial charge in [0.2, 0.25) is 0 Å². The van der Waals surface area contributed by atoms with E-state index in [9.17, 15) is 4.39 Å². The van der Waals surface area contributed by atoms with Gasteiger partial charge in [-0.05, 0) is 58.4 Å². The molecule has 0 unspecified atom stereocenters. The first-order valence-corrected chi connectivity index (χ1v) is 6.91. The summed E-state index contributed by atoms with van der Waals surface area (Å²) in [6.07, 6.45) is 0. The van der Waals surface area contributed by atoms with Crippen LogP contribution in [-0.2, 0) is 6.54 Å². The molecule has 2 aromatic carbocycles. The van der Waals surface area contributed by atoms with Gasteiger partial charge in [0, 0.05) is 6.54 Å². The fourth-order valence-corrected chi connectivity index (χ4v) is 2.02. The standard InChI is InChI=1S/C15H15BrFNO/c1-2-18-10-11-4-3-5-12(8-11)19-13-6-7-15(17)14(16)9-13/h3-9,18H,2,10H2,1H3. The highest BCUT2D eigenvalue weighted by Gasteiger charge is 2.03. The van der Waals surface area contributed by atoms with E-state index in [4.69, 9.17) is 4.74 Å². The molecule has 4 heteroatoms. The van der Waals surface area contributed by atoms with Gasteiger partial charge >= 0.3 is 0 Å². The first-order valence-electron chi connectivity index (χ1n) is 6.11. The largest absolute Gasteiger partial charge is 0.457 e. The van der Waals surface area contributed by atoms with E-state index in [1.54, 1.807) is 12.1 Å². The van der Waals surface area contributed by atoms with Gasteiger partial charge in [-0.3, -0.25) is 0 Å². The maximum atomic E-state index is 13.1. The van der Waals surface area contributed by atoms with Crippen molar-refractivity contribution in [3.63, 3.8) is 0 Å². The summed E-state index contributed by atoms with van der Waals surface area (Å²) in [6.45, 7) is 3.80. The monoisotopic (exact) mass is 323 g/mol. The summed E-state index contributed by atoms with van der Waals surface area (Å²) in [4.78, 5) is 0. The maximum Gasteiger partial charge on any atom is 0.137 e. The van der Waals surface area contributed by atoms with Gasteiger partial charge in [-0.1, -0.05) is 19.1 Å². The minimum atomic E-state index is -0.298. The molecule has 2 rings (SSSR count). The zero-order valence-corrected chi connectivity index (χ0v) is 12.2. The molecule has 0 bridgehead atoms. The first-order chi connectivity index (χ1) is 9.19. The lowest BCUT2D eigenvalue weighted by Crippen LogP contribution is -2.11. The van der Waals surface area contributed by atoms with E-state index in [2.05, 4.69) is 28.2 Å². The van der Waals surface area contributed by atoms with Crippen molar-refractivity contribution in [2.24, 2.45) is 0 Å². The Morgan fingerprint density at radius 1 is 1.16 bits per heavy atom. The zero-order valence-electron chi connectivity index (χ0n) is 10.6. The fraction of sp³-hybridized carbons (Fsp3) is 0.200. The SMILES string of the molecule is CCNCc1cccc(Oc2ccc(F)c(Br)c2)c1. The van der Waals surface area contributed by atoms with E-state index in [1.807, 2.05) is 24.3 Å². The third kappa shape index (κ3) is 4.04. The van der Waals surface area contributed by atoms with Crippen molar-refractivity contribution < 1.29 is 9.13 Å². The Hall–Kier alpha value is -1.39. The van der Waals surface area contributed by atoms with E-state index in [0.29, 0.717) is 10.2 Å². The van der Waals surface area contributed by atoms with Crippen molar-refractivity contribution >= 4 is 15.9 Å². The summed E-state index contributed by atoms with van der Waals surface area (Å²) in [5.41, 5.74) is 1.15. The highest BCUT2D eigenvalue weighted by Crippen LogP contribution is 2.26. The molecule has 0 aliphatic rings. The molecule has 0 saturated heterocycles.